The molecule has 0 radical (unpaired) electrons. The number of hydrogen-bond donors (Lipinski definition) is 0. The van der Waals surface area contributed by atoms with Gasteiger partial charge in [0.15, 0.2) is 0 Å². The van der Waals surface area contributed by atoms with Crippen LogP contribution in [-0.4, -0.2) is 0 Å². The van der Waals surface area contributed by atoms with Crippen LogP contribution in [0.5, 0.6) is 0 Å². The summed E-state index contributed by atoms with van der Waals surface area (Å²) in [6.07, 6.45) is 13.8. The summed E-state index contributed by atoms with van der Waals surface area (Å²) in [4.78, 5) is 2.37. The van der Waals surface area contributed by atoms with Gasteiger partial charge in [-0.3, -0.25) is 0 Å². The first-order chi connectivity index (χ1) is 33.1. The largest absolute Gasteiger partial charge is 0.456 e. The number of benzene rings is 8. The second-order valence-electron chi connectivity index (χ2n) is 19.6. The van der Waals surface area contributed by atoms with E-state index >= 15 is 0 Å². The fraction of sp³-hybridized carbons (Fsp3) is 0.169. The van der Waals surface area contributed by atoms with Crippen LogP contribution in [0.2, 0.25) is 0 Å². The molecule has 0 aliphatic heterocycles. The van der Waals surface area contributed by atoms with Gasteiger partial charge in [0.2, 0.25) is 0 Å². The Kier molecular flexibility index (Phi) is 9.46. The number of allylic oxidation sites excluding steroid dienone is 5. The molecule has 2 nitrogen and oxygen atoms in total. The van der Waals surface area contributed by atoms with Crippen LogP contribution in [0, 0.1) is 23.7 Å². The topological polar surface area (TPSA) is 16.4 Å². The summed E-state index contributed by atoms with van der Waals surface area (Å²) in [7, 11) is 0. The van der Waals surface area contributed by atoms with Crippen LogP contribution in [0.3, 0.4) is 0 Å². The van der Waals surface area contributed by atoms with Crippen molar-refractivity contribution in [1.29, 1.82) is 0 Å². The van der Waals surface area contributed by atoms with Crippen molar-refractivity contribution in [3.63, 3.8) is 0 Å². The Morgan fingerprint density at radius 1 is 0.478 bits per heavy atom. The maximum absolute atomic E-state index is 6.27. The average molecular weight is 864 g/mol. The molecule has 14 rings (SSSR count). The molecule has 1 spiro atoms. The smallest absolute Gasteiger partial charge is 0.136 e. The molecule has 324 valence electrons. The maximum Gasteiger partial charge on any atom is 0.136 e. The summed E-state index contributed by atoms with van der Waals surface area (Å²) >= 11 is 0. The molecule has 5 aliphatic carbocycles. The first-order valence-corrected chi connectivity index (χ1v) is 24.4. The highest BCUT2D eigenvalue weighted by atomic mass is 16.3. The Bertz CT molecular complexity index is 3390. The quantitative estimate of drug-likeness (QED) is 0.151. The summed E-state index contributed by atoms with van der Waals surface area (Å²) in [6, 6.07) is 68.9. The highest BCUT2D eigenvalue weighted by Gasteiger charge is 2.62. The maximum atomic E-state index is 6.27. The van der Waals surface area contributed by atoms with E-state index in [1.807, 2.05) is 12.1 Å². The van der Waals surface area contributed by atoms with Crippen LogP contribution < -0.4 is 4.90 Å². The van der Waals surface area contributed by atoms with Crippen LogP contribution in [-0.2, 0) is 5.41 Å². The average Bonchev–Trinajstić information content (AvgIpc) is 3.89. The Morgan fingerprint density at radius 2 is 1.00 bits per heavy atom. The van der Waals surface area contributed by atoms with Gasteiger partial charge in [-0.2, -0.15) is 0 Å². The van der Waals surface area contributed by atoms with Crippen LogP contribution in [0.4, 0.5) is 17.1 Å². The van der Waals surface area contributed by atoms with Crippen molar-refractivity contribution in [1.82, 2.24) is 0 Å². The van der Waals surface area contributed by atoms with Crippen molar-refractivity contribution in [2.45, 2.75) is 44.4 Å². The lowest BCUT2D eigenvalue weighted by atomic mass is 9.43. The normalized spacial score (nSPS) is 22.6. The molecule has 4 bridgehead atoms. The Hall–Kier alpha value is -7.42. The minimum atomic E-state index is 0.116. The van der Waals surface area contributed by atoms with Crippen molar-refractivity contribution in [2.75, 3.05) is 4.90 Å². The monoisotopic (exact) mass is 863 g/mol. The molecule has 5 aliphatic rings. The summed E-state index contributed by atoms with van der Waals surface area (Å²) in [5, 5.41) is 2.29. The zero-order chi connectivity index (χ0) is 44.6. The van der Waals surface area contributed by atoms with Crippen molar-refractivity contribution < 1.29 is 4.42 Å². The third-order valence-corrected chi connectivity index (χ3v) is 16.2. The minimum Gasteiger partial charge on any atom is -0.456 e. The van der Waals surface area contributed by atoms with Crippen molar-refractivity contribution in [3.05, 3.63) is 230 Å². The van der Waals surface area contributed by atoms with E-state index in [1.54, 1.807) is 5.56 Å². The number of anilines is 3. The van der Waals surface area contributed by atoms with Crippen LogP contribution in [0.25, 0.3) is 72.0 Å². The molecule has 2 heteroatoms. The molecule has 0 amide bonds. The van der Waals surface area contributed by atoms with E-state index in [-0.39, 0.29) is 5.41 Å². The number of nitrogens with zero attached hydrogens (tertiary/aromatic N) is 1. The molecular formula is C65H53NO. The molecule has 0 saturated heterocycles. The molecule has 0 atom stereocenters. The fourth-order valence-corrected chi connectivity index (χ4v) is 13.6. The lowest BCUT2D eigenvalue weighted by Gasteiger charge is -2.61. The number of hydrogen-bond acceptors (Lipinski definition) is 2. The van der Waals surface area contributed by atoms with E-state index in [0.29, 0.717) is 0 Å². The fourth-order valence-electron chi connectivity index (χ4n) is 13.6. The zero-order valence-electron chi connectivity index (χ0n) is 38.0. The van der Waals surface area contributed by atoms with E-state index in [0.717, 1.165) is 73.8 Å². The van der Waals surface area contributed by atoms with Gasteiger partial charge in [-0.15, -0.1) is 0 Å². The van der Waals surface area contributed by atoms with Gasteiger partial charge in [0, 0.05) is 33.2 Å². The van der Waals surface area contributed by atoms with Gasteiger partial charge < -0.3 is 9.32 Å². The minimum absolute atomic E-state index is 0.116. The van der Waals surface area contributed by atoms with Crippen LogP contribution >= 0.6 is 0 Å². The lowest BCUT2D eigenvalue weighted by Crippen LogP contribution is -2.55. The molecule has 0 unspecified atom stereocenters. The summed E-state index contributed by atoms with van der Waals surface area (Å²) in [5.41, 5.74) is 20.9. The molecule has 0 N–H and O–H groups in total. The molecule has 4 saturated carbocycles. The number of furan rings is 1. The molecule has 1 heterocycles. The standard InChI is InChI=1S/C65H53NO/c1-3-12-61-55(4-2)60-40-49(26-34-62(60)65(61)50-36-42-35-43(38-50)39-51(65)37-42)57-16-9-8-15-56(57)47-23-31-54(32-24-47)66(52-27-19-45(20-28-52)44-13-6-5-7-14-44)53-29-21-46(22-30-53)48-25-33-59-58-17-10-11-18-63(58)67-64(59)41-48/h3-34,40-43,50-51H,1,35-39H2,2H3/b55-4-,61-12+. The Labute approximate surface area is 394 Å². The van der Waals surface area contributed by atoms with Gasteiger partial charge in [-0.25, -0.2) is 0 Å². The third-order valence-electron chi connectivity index (χ3n) is 16.2. The predicted octanol–water partition coefficient (Wildman–Crippen LogP) is 17.9. The summed E-state index contributed by atoms with van der Waals surface area (Å²) in [6.45, 7) is 6.49. The van der Waals surface area contributed by atoms with Crippen LogP contribution in [0.1, 0.15) is 50.2 Å². The summed E-state index contributed by atoms with van der Waals surface area (Å²) in [5.74, 6) is 3.27. The molecule has 67 heavy (non-hydrogen) atoms. The van der Waals surface area contributed by atoms with E-state index in [4.69, 9.17) is 4.42 Å². The second-order valence-corrected chi connectivity index (χ2v) is 19.6. The molecular weight excluding hydrogens is 811 g/mol. The Morgan fingerprint density at radius 3 is 1.64 bits per heavy atom. The van der Waals surface area contributed by atoms with Crippen LogP contribution in [0.15, 0.2) is 223 Å². The molecule has 9 aromatic rings. The van der Waals surface area contributed by atoms with Gasteiger partial charge in [-0.1, -0.05) is 152 Å². The van der Waals surface area contributed by atoms with Crippen molar-refractivity contribution >= 4 is 44.6 Å². The first kappa shape index (κ1) is 39.9. The molecule has 1 aromatic heterocycles. The molecule has 4 fully saturated rings. The highest BCUT2D eigenvalue weighted by Crippen LogP contribution is 2.70. The summed E-state index contributed by atoms with van der Waals surface area (Å²) < 4.78 is 6.27. The Balaban J connectivity index is 0.858. The highest BCUT2D eigenvalue weighted by molar-refractivity contribution is 6.06. The SMILES string of the molecule is C=C/C=C1\C(=C/C)c2cc(-c3ccccc3-c3ccc(N(c4ccc(-c5ccccc5)cc4)c4ccc(-c5ccc6c(c5)oc5ccccc56)cc4)cc3)ccc2C12C1CC3CC(C1)CC2C3. The zero-order valence-corrected chi connectivity index (χ0v) is 38.0. The van der Waals surface area contributed by atoms with Gasteiger partial charge >= 0.3 is 0 Å². The van der Waals surface area contributed by atoms with Crippen molar-refractivity contribution in [2.24, 2.45) is 23.7 Å². The predicted molar refractivity (Wildman–Crippen MR) is 281 cm³/mol. The number of para-hydroxylation sites is 1. The van der Waals surface area contributed by atoms with Gasteiger partial charge in [-0.05, 0) is 190 Å². The molecule has 8 aromatic carbocycles. The van der Waals surface area contributed by atoms with E-state index < -0.39 is 0 Å². The van der Waals surface area contributed by atoms with Crippen molar-refractivity contribution in [3.8, 4) is 44.5 Å². The van der Waals surface area contributed by atoms with Gasteiger partial charge in [0.1, 0.15) is 11.2 Å². The first-order valence-electron chi connectivity index (χ1n) is 24.4. The lowest BCUT2D eigenvalue weighted by molar-refractivity contribution is -0.0399. The van der Waals surface area contributed by atoms with Gasteiger partial charge in [0.05, 0.1) is 0 Å². The number of fused-ring (bicyclic) bond motifs is 4. The van der Waals surface area contributed by atoms with E-state index in [9.17, 15) is 0 Å². The van der Waals surface area contributed by atoms with Gasteiger partial charge in [0.25, 0.3) is 0 Å². The second kappa shape index (κ2) is 15.9. The third kappa shape index (κ3) is 6.37. The van der Waals surface area contributed by atoms with E-state index in [1.165, 1.54) is 82.2 Å². The van der Waals surface area contributed by atoms with E-state index in [2.05, 4.69) is 213 Å². The number of rotatable bonds is 8.